The molecule has 0 fully saturated rings. The lowest BCUT2D eigenvalue weighted by molar-refractivity contribution is 0.215. The molecule has 2 aromatic rings. The Morgan fingerprint density at radius 3 is 2.43 bits per heavy atom. The van der Waals surface area contributed by atoms with Gasteiger partial charge in [-0.15, -0.1) is 0 Å². The number of halogens is 2. The first-order valence-electron chi connectivity index (χ1n) is 9.33. The smallest absolute Gasteiger partial charge is 0.306 e. The number of nitrogens with zero attached hydrogens (tertiary/aromatic N) is 2. The third-order valence-corrected chi connectivity index (χ3v) is 6.01. The lowest BCUT2D eigenvalue weighted by atomic mass is 9.93. The summed E-state index contributed by atoms with van der Waals surface area (Å²) in [4.78, 5) is 12.7. The number of thioether (sulfide) groups is 1. The fourth-order valence-electron chi connectivity index (χ4n) is 3.12. The van der Waals surface area contributed by atoms with Gasteiger partial charge in [0.15, 0.2) is 0 Å². The molecular weight excluding hydrogens is 413 g/mol. The van der Waals surface area contributed by atoms with Crippen LogP contribution in [-0.4, -0.2) is 34.8 Å². The van der Waals surface area contributed by atoms with E-state index in [0.29, 0.717) is 22.3 Å². The van der Waals surface area contributed by atoms with Crippen LogP contribution in [-0.2, 0) is 0 Å². The van der Waals surface area contributed by atoms with Crippen LogP contribution in [0.3, 0.4) is 0 Å². The van der Waals surface area contributed by atoms with Crippen LogP contribution in [0.5, 0.6) is 0 Å². The summed E-state index contributed by atoms with van der Waals surface area (Å²) in [6.07, 6.45) is 2.10. The zero-order chi connectivity index (χ0) is 19.9. The van der Waals surface area contributed by atoms with Crippen molar-refractivity contribution < 1.29 is 4.79 Å². The molecule has 1 heterocycles. The van der Waals surface area contributed by atoms with Crippen LogP contribution in [0.1, 0.15) is 25.3 Å². The Morgan fingerprint density at radius 2 is 1.79 bits per heavy atom. The number of anilines is 1. The predicted molar refractivity (Wildman–Crippen MR) is 121 cm³/mol. The molecule has 2 aromatic carbocycles. The fourth-order valence-corrected chi connectivity index (χ4v) is 4.03. The van der Waals surface area contributed by atoms with Crippen molar-refractivity contribution in [2.24, 2.45) is 11.0 Å². The predicted octanol–water partition coefficient (Wildman–Crippen LogP) is 6.39. The van der Waals surface area contributed by atoms with Crippen molar-refractivity contribution in [1.29, 1.82) is 0 Å². The van der Waals surface area contributed by atoms with Crippen molar-refractivity contribution in [2.75, 3.05) is 23.4 Å². The molecule has 1 N–H and O–H groups in total. The summed E-state index contributed by atoms with van der Waals surface area (Å²) in [5.41, 5.74) is 2.66. The first-order chi connectivity index (χ1) is 13.6. The molecule has 3 rings (SSSR count). The van der Waals surface area contributed by atoms with E-state index in [1.807, 2.05) is 36.0 Å². The molecular formula is C21H23Cl2N3OS. The lowest BCUT2D eigenvalue weighted by Gasteiger charge is -2.15. The van der Waals surface area contributed by atoms with E-state index >= 15 is 0 Å². The van der Waals surface area contributed by atoms with E-state index in [2.05, 4.69) is 17.3 Å². The van der Waals surface area contributed by atoms with Gasteiger partial charge in [0.2, 0.25) is 0 Å². The van der Waals surface area contributed by atoms with Crippen LogP contribution in [0, 0.1) is 5.92 Å². The average Bonchev–Trinajstić information content (AvgIpc) is 3.12. The molecule has 1 atom stereocenters. The van der Waals surface area contributed by atoms with Crippen molar-refractivity contribution >= 4 is 52.4 Å². The minimum atomic E-state index is -0.237. The van der Waals surface area contributed by atoms with E-state index in [4.69, 9.17) is 23.2 Å². The summed E-state index contributed by atoms with van der Waals surface area (Å²) in [7, 11) is 0. The normalized spacial score (nSPS) is 16.2. The largest absolute Gasteiger partial charge is 0.342 e. The van der Waals surface area contributed by atoms with Gasteiger partial charge in [0.05, 0.1) is 12.3 Å². The minimum Gasteiger partial charge on any atom is -0.306 e. The molecule has 7 heteroatoms. The van der Waals surface area contributed by atoms with Crippen molar-refractivity contribution in [3.63, 3.8) is 0 Å². The summed E-state index contributed by atoms with van der Waals surface area (Å²) >= 11 is 13.9. The third kappa shape index (κ3) is 5.66. The van der Waals surface area contributed by atoms with Gasteiger partial charge in [-0.05, 0) is 66.3 Å². The zero-order valence-corrected chi connectivity index (χ0v) is 18.0. The van der Waals surface area contributed by atoms with Crippen LogP contribution < -0.4 is 5.32 Å². The van der Waals surface area contributed by atoms with E-state index in [1.165, 1.54) is 5.01 Å². The van der Waals surface area contributed by atoms with Gasteiger partial charge in [-0.2, -0.15) is 16.9 Å². The highest BCUT2D eigenvalue weighted by Crippen LogP contribution is 2.26. The SMILES string of the molecule is CCSCCCC1CN(C(=O)Nc2ccc(Cl)cc2)N=C1c1ccc(Cl)cc1. The first kappa shape index (κ1) is 21.0. The maximum Gasteiger partial charge on any atom is 0.342 e. The van der Waals surface area contributed by atoms with Gasteiger partial charge in [0, 0.05) is 21.7 Å². The highest BCUT2D eigenvalue weighted by molar-refractivity contribution is 7.99. The number of carbonyl (C=O) groups excluding carboxylic acids is 1. The number of urea groups is 1. The molecule has 0 radical (unpaired) electrons. The monoisotopic (exact) mass is 435 g/mol. The number of hydrazone groups is 1. The summed E-state index contributed by atoms with van der Waals surface area (Å²) in [6.45, 7) is 2.75. The molecule has 1 aliphatic rings. The topological polar surface area (TPSA) is 44.7 Å². The number of hydrogen-bond acceptors (Lipinski definition) is 3. The molecule has 0 saturated heterocycles. The Bertz CT molecular complexity index is 825. The summed E-state index contributed by atoms with van der Waals surface area (Å²) in [6, 6.07) is 14.5. The van der Waals surface area contributed by atoms with E-state index < -0.39 is 0 Å². The molecule has 1 aliphatic heterocycles. The van der Waals surface area contributed by atoms with E-state index in [1.54, 1.807) is 24.3 Å². The average molecular weight is 436 g/mol. The minimum absolute atomic E-state index is 0.217. The van der Waals surface area contributed by atoms with Crippen molar-refractivity contribution in [3.05, 3.63) is 64.1 Å². The van der Waals surface area contributed by atoms with Gasteiger partial charge >= 0.3 is 6.03 Å². The molecule has 2 amide bonds. The first-order valence-corrected chi connectivity index (χ1v) is 11.2. The standard InChI is InChI=1S/C21H23Cl2N3OS/c1-2-28-13-3-4-16-14-26(21(27)24-19-11-9-18(23)10-12-19)25-20(16)15-5-7-17(22)8-6-15/h5-12,16H,2-4,13-14H2,1H3,(H,24,27). The van der Waals surface area contributed by atoms with Crippen molar-refractivity contribution in [1.82, 2.24) is 5.01 Å². The fraction of sp³-hybridized carbons (Fsp3) is 0.333. The van der Waals surface area contributed by atoms with Gasteiger partial charge in [-0.3, -0.25) is 0 Å². The van der Waals surface area contributed by atoms with Gasteiger partial charge in [-0.25, -0.2) is 9.80 Å². The molecule has 0 bridgehead atoms. The summed E-state index contributed by atoms with van der Waals surface area (Å²) in [5.74, 6) is 2.46. The lowest BCUT2D eigenvalue weighted by Crippen LogP contribution is -2.30. The van der Waals surface area contributed by atoms with Gasteiger partial charge in [-0.1, -0.05) is 42.3 Å². The molecule has 0 aromatic heterocycles. The van der Waals surface area contributed by atoms with Crippen LogP contribution in [0.4, 0.5) is 10.5 Å². The zero-order valence-electron chi connectivity index (χ0n) is 15.7. The second-order valence-electron chi connectivity index (χ2n) is 6.55. The van der Waals surface area contributed by atoms with E-state index in [0.717, 1.165) is 35.6 Å². The number of hydrogen-bond donors (Lipinski definition) is 1. The van der Waals surface area contributed by atoms with Crippen molar-refractivity contribution in [2.45, 2.75) is 19.8 Å². The highest BCUT2D eigenvalue weighted by atomic mass is 35.5. The number of carbonyl (C=O) groups is 1. The Hall–Kier alpha value is -1.69. The number of nitrogens with one attached hydrogen (secondary N) is 1. The van der Waals surface area contributed by atoms with E-state index in [-0.39, 0.29) is 11.9 Å². The molecule has 28 heavy (non-hydrogen) atoms. The maximum absolute atomic E-state index is 12.7. The number of amides is 2. The number of rotatable bonds is 7. The number of benzene rings is 2. The summed E-state index contributed by atoms with van der Waals surface area (Å²) < 4.78 is 0. The van der Waals surface area contributed by atoms with Gasteiger partial charge in [0.1, 0.15) is 0 Å². The molecule has 148 valence electrons. The van der Waals surface area contributed by atoms with Crippen molar-refractivity contribution in [3.8, 4) is 0 Å². The van der Waals surface area contributed by atoms with Crippen LogP contribution >= 0.6 is 35.0 Å². The van der Waals surface area contributed by atoms with E-state index in [9.17, 15) is 4.79 Å². The Labute approximate surface area is 180 Å². The van der Waals surface area contributed by atoms with Gasteiger partial charge < -0.3 is 5.32 Å². The molecule has 0 aliphatic carbocycles. The summed E-state index contributed by atoms with van der Waals surface area (Å²) in [5, 5.41) is 10.4. The van der Waals surface area contributed by atoms with Gasteiger partial charge in [0.25, 0.3) is 0 Å². The Morgan fingerprint density at radius 1 is 1.14 bits per heavy atom. The third-order valence-electron chi connectivity index (χ3n) is 4.52. The second kappa shape index (κ2) is 10.2. The maximum atomic E-state index is 12.7. The molecule has 0 saturated carbocycles. The van der Waals surface area contributed by atoms with Crippen LogP contribution in [0.25, 0.3) is 0 Å². The quantitative estimate of drug-likeness (QED) is 0.511. The highest BCUT2D eigenvalue weighted by Gasteiger charge is 2.30. The molecule has 0 spiro atoms. The molecule has 4 nitrogen and oxygen atoms in total. The second-order valence-corrected chi connectivity index (χ2v) is 8.81. The van der Waals surface area contributed by atoms with Crippen LogP contribution in [0.2, 0.25) is 10.0 Å². The molecule has 1 unspecified atom stereocenters. The Kier molecular flexibility index (Phi) is 7.65. The Balaban J connectivity index is 1.73. The van der Waals surface area contributed by atoms with Crippen LogP contribution in [0.15, 0.2) is 53.6 Å².